The predicted octanol–water partition coefficient (Wildman–Crippen LogP) is 5.54. The second kappa shape index (κ2) is 7.81. The third-order valence-electron chi connectivity index (χ3n) is 4.41. The minimum absolute atomic E-state index is 0.0248. The molecule has 25 heavy (non-hydrogen) atoms. The molecule has 10 heteroatoms. The molecule has 4 nitrogen and oxygen atoms in total. The lowest BCUT2D eigenvalue weighted by Crippen LogP contribution is -2.40. The van der Waals surface area contributed by atoms with Crippen LogP contribution >= 0.6 is 10.3 Å². The first-order chi connectivity index (χ1) is 10.8. The number of hydrogen-bond donors (Lipinski definition) is 0. The second-order valence-corrected chi connectivity index (χ2v) is 17.8. The molecular weight excluding hydrogens is 393 g/mol. The molecule has 1 atom stereocenters. The fourth-order valence-electron chi connectivity index (χ4n) is 1.46. The maximum atomic E-state index is 12.6. The van der Waals surface area contributed by atoms with Gasteiger partial charge in [0.05, 0.1) is 5.76 Å². The summed E-state index contributed by atoms with van der Waals surface area (Å²) in [6.45, 7) is 13.9. The Kier molecular flexibility index (Phi) is 7.75. The molecule has 0 aromatic heterocycles. The predicted molar refractivity (Wildman–Crippen MR) is 102 cm³/mol. The fraction of sp³-hybridized carbons (Fsp3) is 0.867. The van der Waals surface area contributed by atoms with Crippen molar-refractivity contribution in [2.45, 2.75) is 69.9 Å². The minimum Gasteiger partial charge on any atom is -0.547 e. The zero-order valence-electron chi connectivity index (χ0n) is 16.4. The molecule has 152 valence electrons. The topological polar surface area (TPSA) is 52.6 Å². The van der Waals surface area contributed by atoms with E-state index < -0.39 is 39.5 Å². The van der Waals surface area contributed by atoms with Gasteiger partial charge in [0.2, 0.25) is 8.32 Å². The molecule has 0 fully saturated rings. The second-order valence-electron chi connectivity index (χ2n) is 7.83. The Labute approximate surface area is 152 Å². The summed E-state index contributed by atoms with van der Waals surface area (Å²) in [7, 11) is -10.3. The van der Waals surface area contributed by atoms with E-state index in [1.807, 2.05) is 6.92 Å². The Morgan fingerprint density at radius 2 is 1.60 bits per heavy atom. The average Bonchev–Trinajstić information content (AvgIpc) is 2.33. The SMILES string of the molecule is CC/C(=C\C(C)S(C)(C)OS(=O)(=O)C(F)(F)F)O[Si](C)(C)C(C)(C)C. The van der Waals surface area contributed by atoms with E-state index in [2.05, 4.69) is 37.5 Å². The smallest absolute Gasteiger partial charge is 0.523 e. The molecule has 0 radical (unpaired) electrons. The van der Waals surface area contributed by atoms with Crippen LogP contribution in [0.1, 0.15) is 41.0 Å². The quantitative estimate of drug-likeness (QED) is 0.306. The van der Waals surface area contributed by atoms with E-state index in [-0.39, 0.29) is 5.04 Å². The maximum Gasteiger partial charge on any atom is 0.523 e. The molecule has 0 N–H and O–H groups in total. The first-order valence-electron chi connectivity index (χ1n) is 7.91. The van der Waals surface area contributed by atoms with Gasteiger partial charge in [-0.05, 0) is 43.6 Å². The highest BCUT2D eigenvalue weighted by Gasteiger charge is 2.50. The standard InChI is InChI=1S/C15H31F3O4S2Si/c1-10-13(21-25(8,9)14(3,4)5)11-12(2)23(6,7)22-24(19,20)15(16,17)18/h11-12H,10H2,1-9H3/b13-11+. The lowest BCUT2D eigenvalue weighted by molar-refractivity contribution is -0.0496. The number of allylic oxidation sites excluding steroid dienone is 1. The summed E-state index contributed by atoms with van der Waals surface area (Å²) in [5.74, 6) is 0.660. The van der Waals surface area contributed by atoms with Gasteiger partial charge in [-0.3, -0.25) is 0 Å². The van der Waals surface area contributed by atoms with Crippen molar-refractivity contribution >= 4 is 28.7 Å². The van der Waals surface area contributed by atoms with Gasteiger partial charge in [0.25, 0.3) is 0 Å². The Morgan fingerprint density at radius 3 is 1.92 bits per heavy atom. The molecule has 0 heterocycles. The number of rotatable bonds is 7. The summed E-state index contributed by atoms with van der Waals surface area (Å²) in [4.78, 5) is 0. The van der Waals surface area contributed by atoms with Crippen LogP contribution in [0.2, 0.25) is 18.1 Å². The lowest BCUT2D eigenvalue weighted by atomic mass is 10.2. The molecular formula is C15H31F3O4S2Si. The highest BCUT2D eigenvalue weighted by molar-refractivity contribution is 8.32. The molecule has 0 saturated carbocycles. The summed E-state index contributed by atoms with van der Waals surface area (Å²) in [5, 5.41) is -0.549. The van der Waals surface area contributed by atoms with Crippen molar-refractivity contribution < 1.29 is 29.6 Å². The summed E-state index contributed by atoms with van der Waals surface area (Å²) in [5.41, 5.74) is -5.42. The van der Waals surface area contributed by atoms with Crippen LogP contribution in [0.15, 0.2) is 11.8 Å². The molecule has 1 unspecified atom stereocenters. The van der Waals surface area contributed by atoms with Crippen molar-refractivity contribution in [1.29, 1.82) is 0 Å². The Balaban J connectivity index is 5.49. The van der Waals surface area contributed by atoms with Crippen LogP contribution in [0.3, 0.4) is 0 Å². The number of hydrogen-bond acceptors (Lipinski definition) is 4. The summed E-state index contributed by atoms with van der Waals surface area (Å²) in [6.07, 6.45) is 5.06. The molecule has 0 bridgehead atoms. The molecule has 0 spiro atoms. The van der Waals surface area contributed by atoms with Gasteiger partial charge in [-0.1, -0.05) is 27.7 Å². The largest absolute Gasteiger partial charge is 0.547 e. The zero-order valence-corrected chi connectivity index (χ0v) is 19.1. The van der Waals surface area contributed by atoms with Crippen molar-refractivity contribution in [3.63, 3.8) is 0 Å². The zero-order chi connectivity index (χ0) is 20.5. The summed E-state index contributed by atoms with van der Waals surface area (Å²) in [6, 6.07) is 0. The first-order valence-corrected chi connectivity index (χ1v) is 14.7. The minimum atomic E-state index is -5.63. The molecule has 0 amide bonds. The van der Waals surface area contributed by atoms with Crippen molar-refractivity contribution in [2.24, 2.45) is 0 Å². The van der Waals surface area contributed by atoms with E-state index in [0.717, 1.165) is 0 Å². The van der Waals surface area contributed by atoms with Gasteiger partial charge in [0.1, 0.15) is 0 Å². The molecule has 0 saturated heterocycles. The van der Waals surface area contributed by atoms with E-state index in [4.69, 9.17) is 4.43 Å². The van der Waals surface area contributed by atoms with Crippen LogP contribution in [-0.2, 0) is 18.2 Å². The molecule has 0 aliphatic rings. The van der Waals surface area contributed by atoms with E-state index in [9.17, 15) is 21.6 Å². The van der Waals surface area contributed by atoms with Crippen molar-refractivity contribution in [1.82, 2.24) is 0 Å². The molecule has 0 aromatic carbocycles. The van der Waals surface area contributed by atoms with Gasteiger partial charge in [-0.15, -0.1) is 10.3 Å². The van der Waals surface area contributed by atoms with Crippen LogP contribution in [-0.4, -0.2) is 40.0 Å². The van der Waals surface area contributed by atoms with Gasteiger partial charge >= 0.3 is 15.6 Å². The van der Waals surface area contributed by atoms with Gasteiger partial charge in [-0.2, -0.15) is 21.6 Å². The van der Waals surface area contributed by atoms with E-state index in [0.29, 0.717) is 12.2 Å². The molecule has 0 aromatic rings. The van der Waals surface area contributed by atoms with Gasteiger partial charge < -0.3 is 4.43 Å². The van der Waals surface area contributed by atoms with Crippen molar-refractivity contribution in [3.05, 3.63) is 11.8 Å². The summed E-state index contributed by atoms with van der Waals surface area (Å²) >= 11 is 0. The van der Waals surface area contributed by atoms with Crippen LogP contribution in [0.25, 0.3) is 0 Å². The lowest BCUT2D eigenvalue weighted by Gasteiger charge is -2.39. The average molecular weight is 425 g/mol. The Morgan fingerprint density at radius 1 is 1.16 bits per heavy atom. The van der Waals surface area contributed by atoms with Crippen LogP contribution in [0.5, 0.6) is 0 Å². The van der Waals surface area contributed by atoms with E-state index in [1.165, 1.54) is 12.5 Å². The van der Waals surface area contributed by atoms with Crippen LogP contribution < -0.4 is 0 Å². The third kappa shape index (κ3) is 6.80. The van der Waals surface area contributed by atoms with Gasteiger partial charge in [0.15, 0.2) is 0 Å². The van der Waals surface area contributed by atoms with Crippen molar-refractivity contribution in [3.8, 4) is 0 Å². The molecule has 0 aliphatic carbocycles. The first kappa shape index (κ1) is 24.8. The molecule has 0 rings (SSSR count). The van der Waals surface area contributed by atoms with Crippen LogP contribution in [0, 0.1) is 0 Å². The fourth-order valence-corrected chi connectivity index (χ4v) is 5.77. The number of alkyl halides is 3. The van der Waals surface area contributed by atoms with E-state index >= 15 is 0 Å². The highest BCUT2D eigenvalue weighted by Crippen LogP contribution is 2.51. The third-order valence-corrected chi connectivity index (χ3v) is 13.4. The Hall–Kier alpha value is -0.193. The number of halogens is 3. The summed E-state index contributed by atoms with van der Waals surface area (Å²) < 4.78 is 71.1. The normalized spacial score (nSPS) is 17.4. The van der Waals surface area contributed by atoms with Crippen molar-refractivity contribution in [2.75, 3.05) is 12.5 Å². The monoisotopic (exact) mass is 424 g/mol. The highest BCUT2D eigenvalue weighted by atomic mass is 32.3. The van der Waals surface area contributed by atoms with Gasteiger partial charge in [0, 0.05) is 11.7 Å². The van der Waals surface area contributed by atoms with Crippen LogP contribution in [0.4, 0.5) is 13.2 Å². The maximum absolute atomic E-state index is 12.6. The van der Waals surface area contributed by atoms with Gasteiger partial charge in [-0.25, -0.2) is 3.63 Å². The Bertz CT molecular complexity index is 591. The molecule has 0 aliphatic heterocycles. The van der Waals surface area contributed by atoms with E-state index in [1.54, 1.807) is 13.0 Å².